The molecule has 6 nitrogen and oxygen atoms in total. The van der Waals surface area contributed by atoms with E-state index in [4.69, 9.17) is 9.15 Å². The van der Waals surface area contributed by atoms with Crippen molar-refractivity contribution in [2.24, 2.45) is 40.4 Å². The highest BCUT2D eigenvalue weighted by atomic mass is 16.5. The predicted molar refractivity (Wildman–Crippen MR) is 132 cm³/mol. The maximum absolute atomic E-state index is 11.9. The van der Waals surface area contributed by atoms with E-state index in [0.29, 0.717) is 48.3 Å². The normalized spacial score (nSPS) is 45.3. The van der Waals surface area contributed by atoms with Crippen molar-refractivity contribution in [3.63, 3.8) is 0 Å². The van der Waals surface area contributed by atoms with Gasteiger partial charge >= 0.3 is 11.7 Å². The summed E-state index contributed by atoms with van der Waals surface area (Å²) in [6.45, 7) is 6.70. The molecule has 2 heterocycles. The maximum Gasteiger partial charge on any atom is 0.407 e. The topological polar surface area (TPSA) is 80.0 Å². The van der Waals surface area contributed by atoms with E-state index in [2.05, 4.69) is 13.8 Å². The van der Waals surface area contributed by atoms with Gasteiger partial charge in [0.2, 0.25) is 0 Å². The fourth-order valence-corrected chi connectivity index (χ4v) is 10.0. The van der Waals surface area contributed by atoms with Crippen LogP contribution in [0.4, 0.5) is 4.79 Å². The molecule has 5 aliphatic rings. The number of nitrogens with zero attached hydrogens (tertiary/aromatic N) is 1. The molecule has 0 radical (unpaired) electrons. The first kappa shape index (κ1) is 23.6. The number of ether oxygens (including phenoxy) is 1. The lowest BCUT2D eigenvalue weighted by Gasteiger charge is -2.61. The molecule has 5 fully saturated rings. The van der Waals surface area contributed by atoms with E-state index in [9.17, 15) is 14.7 Å². The molecular weight excluding hydrogens is 442 g/mol. The summed E-state index contributed by atoms with van der Waals surface area (Å²) in [6, 6.07) is 3.62. The van der Waals surface area contributed by atoms with Gasteiger partial charge in [0, 0.05) is 12.6 Å². The first-order valence-corrected chi connectivity index (χ1v) is 14.0. The number of hydrogen-bond acceptors (Lipinski definition) is 4. The van der Waals surface area contributed by atoms with E-state index in [1.165, 1.54) is 50.5 Å². The summed E-state index contributed by atoms with van der Waals surface area (Å²) in [5.74, 6) is 3.95. The average Bonchev–Trinajstić information content (AvgIpc) is 3.21. The van der Waals surface area contributed by atoms with Gasteiger partial charge in [-0.25, -0.2) is 9.59 Å². The molecule has 1 aromatic heterocycles. The van der Waals surface area contributed by atoms with Crippen LogP contribution in [-0.2, 0) is 4.74 Å². The van der Waals surface area contributed by atoms with Crippen LogP contribution in [0, 0.1) is 40.4 Å². The number of amides is 1. The van der Waals surface area contributed by atoms with Crippen molar-refractivity contribution in [2.45, 2.75) is 83.6 Å². The van der Waals surface area contributed by atoms with Crippen LogP contribution in [0.5, 0.6) is 0 Å². The predicted octanol–water partition coefficient (Wildman–Crippen LogP) is 5.76. The van der Waals surface area contributed by atoms with Gasteiger partial charge in [-0.1, -0.05) is 13.8 Å². The summed E-state index contributed by atoms with van der Waals surface area (Å²) in [5, 5.41) is 9.75. The second-order valence-electron chi connectivity index (χ2n) is 12.9. The van der Waals surface area contributed by atoms with Gasteiger partial charge < -0.3 is 19.2 Å². The van der Waals surface area contributed by atoms with E-state index in [1.54, 1.807) is 17.2 Å². The van der Waals surface area contributed by atoms with Crippen LogP contribution < -0.4 is 5.63 Å². The molecule has 35 heavy (non-hydrogen) atoms. The van der Waals surface area contributed by atoms with E-state index in [-0.39, 0.29) is 11.7 Å². The molecule has 0 bridgehead atoms. The Labute approximate surface area is 208 Å². The molecule has 0 spiro atoms. The van der Waals surface area contributed by atoms with Crippen molar-refractivity contribution in [1.29, 1.82) is 0 Å². The second-order valence-corrected chi connectivity index (χ2v) is 12.9. The molecule has 6 rings (SSSR count). The van der Waals surface area contributed by atoms with E-state index < -0.39 is 6.09 Å². The zero-order chi connectivity index (χ0) is 24.4. The number of rotatable bonds is 2. The molecule has 9 unspecified atom stereocenters. The summed E-state index contributed by atoms with van der Waals surface area (Å²) in [5.41, 5.74) is 1.63. The molecule has 0 aromatic carbocycles. The highest BCUT2D eigenvalue weighted by Crippen LogP contribution is 2.69. The number of carboxylic acid groups (broad SMARTS) is 1. The van der Waals surface area contributed by atoms with Crippen LogP contribution in [-0.4, -0.2) is 41.9 Å². The minimum atomic E-state index is -0.782. The van der Waals surface area contributed by atoms with Crippen LogP contribution in [0.1, 0.15) is 83.1 Å². The molecule has 4 saturated carbocycles. The Hall–Kier alpha value is -1.82. The van der Waals surface area contributed by atoms with Crippen LogP contribution in [0.2, 0.25) is 0 Å². The van der Waals surface area contributed by atoms with Crippen molar-refractivity contribution < 1.29 is 19.1 Å². The third-order valence-corrected chi connectivity index (χ3v) is 11.8. The second kappa shape index (κ2) is 8.64. The summed E-state index contributed by atoms with van der Waals surface area (Å²) >= 11 is 0. The molecule has 4 aliphatic carbocycles. The van der Waals surface area contributed by atoms with Gasteiger partial charge in [-0.3, -0.25) is 0 Å². The Morgan fingerprint density at radius 3 is 2.60 bits per heavy atom. The monoisotopic (exact) mass is 483 g/mol. The van der Waals surface area contributed by atoms with E-state index in [1.807, 2.05) is 6.07 Å². The van der Waals surface area contributed by atoms with Crippen LogP contribution in [0.15, 0.2) is 27.6 Å². The van der Waals surface area contributed by atoms with Crippen LogP contribution in [0.25, 0.3) is 0 Å². The molecule has 1 aromatic rings. The van der Waals surface area contributed by atoms with Gasteiger partial charge in [-0.2, -0.15) is 0 Å². The SMILES string of the molecule is CC12CCC(C3COCCN3C(=O)O)CC1CCC1C2CCC2(C)C(c3ccc(=O)oc3)CCC12. The average molecular weight is 484 g/mol. The lowest BCUT2D eigenvalue weighted by atomic mass is 9.44. The Bertz CT molecular complexity index is 1000. The molecule has 9 atom stereocenters. The van der Waals surface area contributed by atoms with Gasteiger partial charge in [0.1, 0.15) is 0 Å². The highest BCUT2D eigenvalue weighted by molar-refractivity contribution is 5.65. The summed E-state index contributed by atoms with van der Waals surface area (Å²) < 4.78 is 11.0. The first-order valence-electron chi connectivity index (χ1n) is 14.0. The number of hydrogen-bond donors (Lipinski definition) is 1. The maximum atomic E-state index is 11.9. The van der Waals surface area contributed by atoms with Gasteiger partial charge in [0.15, 0.2) is 0 Å². The Morgan fingerprint density at radius 1 is 1.03 bits per heavy atom. The molecule has 6 heteroatoms. The highest BCUT2D eigenvalue weighted by Gasteiger charge is 2.60. The Morgan fingerprint density at radius 2 is 1.83 bits per heavy atom. The summed E-state index contributed by atoms with van der Waals surface area (Å²) in [4.78, 5) is 25.1. The third-order valence-electron chi connectivity index (χ3n) is 11.8. The number of fused-ring (bicyclic) bond motifs is 5. The minimum absolute atomic E-state index is 0.0275. The zero-order valence-electron chi connectivity index (χ0n) is 21.3. The fourth-order valence-electron chi connectivity index (χ4n) is 10.0. The first-order chi connectivity index (χ1) is 16.8. The lowest BCUT2D eigenvalue weighted by molar-refractivity contribution is -0.124. The van der Waals surface area contributed by atoms with Crippen LogP contribution in [0.3, 0.4) is 0 Å². The van der Waals surface area contributed by atoms with E-state index >= 15 is 0 Å². The van der Waals surface area contributed by atoms with Crippen molar-refractivity contribution in [3.8, 4) is 0 Å². The van der Waals surface area contributed by atoms with Crippen molar-refractivity contribution >= 4 is 6.09 Å². The standard InChI is InChI=1S/C29H41NO5/c1-28-11-9-18(25-17-34-14-13-30(25)27(32)33)15-20(28)4-5-21-23-7-6-22(19-3-8-26(31)35-16-19)29(23,2)12-10-24(21)28/h3,8,16,18,20-25H,4-7,9-15,17H2,1-2H3,(H,32,33). The number of carbonyl (C=O) groups is 1. The van der Waals surface area contributed by atoms with Gasteiger partial charge in [0.05, 0.1) is 25.5 Å². The molecule has 1 amide bonds. The third kappa shape index (κ3) is 3.69. The molecule has 1 N–H and O–H groups in total. The number of morpholine rings is 1. The van der Waals surface area contributed by atoms with Gasteiger partial charge in [-0.15, -0.1) is 0 Å². The van der Waals surface area contributed by atoms with Gasteiger partial charge in [-0.05, 0) is 116 Å². The summed E-state index contributed by atoms with van der Waals surface area (Å²) in [7, 11) is 0. The molecular formula is C29H41NO5. The zero-order valence-corrected chi connectivity index (χ0v) is 21.3. The largest absolute Gasteiger partial charge is 0.465 e. The quantitative estimate of drug-likeness (QED) is 0.578. The fraction of sp³-hybridized carbons (Fsp3) is 0.793. The van der Waals surface area contributed by atoms with Crippen molar-refractivity contribution in [1.82, 2.24) is 4.90 Å². The molecule has 192 valence electrons. The van der Waals surface area contributed by atoms with Gasteiger partial charge in [0.25, 0.3) is 0 Å². The lowest BCUT2D eigenvalue weighted by Crippen LogP contribution is -2.57. The Balaban J connectivity index is 1.19. The van der Waals surface area contributed by atoms with Crippen molar-refractivity contribution in [2.75, 3.05) is 19.8 Å². The van der Waals surface area contributed by atoms with E-state index in [0.717, 1.165) is 30.6 Å². The smallest absolute Gasteiger partial charge is 0.407 e. The molecule has 1 aliphatic heterocycles. The van der Waals surface area contributed by atoms with Crippen LogP contribution >= 0.6 is 0 Å². The van der Waals surface area contributed by atoms with Crippen molar-refractivity contribution in [3.05, 3.63) is 34.4 Å². The summed E-state index contributed by atoms with van der Waals surface area (Å²) in [6.07, 6.45) is 12.1. The molecule has 1 saturated heterocycles. The Kier molecular flexibility index (Phi) is 5.82. The minimum Gasteiger partial charge on any atom is -0.465 e.